The summed E-state index contributed by atoms with van der Waals surface area (Å²) in [5.74, 6) is -1.81. The number of amides is 2. The van der Waals surface area contributed by atoms with Crippen LogP contribution in [-0.2, 0) is 9.53 Å². The zero-order chi connectivity index (χ0) is 18.8. The molecule has 3 rings (SSSR count). The molecule has 9 heteroatoms. The van der Waals surface area contributed by atoms with Crippen LogP contribution in [0, 0.1) is 11.6 Å². The van der Waals surface area contributed by atoms with Gasteiger partial charge in [0.05, 0.1) is 22.6 Å². The number of benzene rings is 2. The van der Waals surface area contributed by atoms with Crippen molar-refractivity contribution in [2.75, 3.05) is 6.54 Å². The number of halogens is 4. The summed E-state index contributed by atoms with van der Waals surface area (Å²) < 4.78 is 31.8. The van der Waals surface area contributed by atoms with Crippen molar-refractivity contribution in [1.82, 2.24) is 10.6 Å². The molecular formula is C17H12Cl2F2N2O3. The number of ether oxygens (including phenoxy) is 1. The van der Waals surface area contributed by atoms with Gasteiger partial charge in [-0.25, -0.2) is 13.6 Å². The van der Waals surface area contributed by atoms with Gasteiger partial charge < -0.3 is 15.4 Å². The maximum absolute atomic E-state index is 13.5. The Kier molecular flexibility index (Phi) is 5.29. The van der Waals surface area contributed by atoms with Crippen LogP contribution in [0.15, 0.2) is 36.4 Å². The van der Waals surface area contributed by atoms with E-state index < -0.39 is 35.8 Å². The van der Waals surface area contributed by atoms with E-state index in [2.05, 4.69) is 10.6 Å². The number of hydrogen-bond acceptors (Lipinski definition) is 3. The predicted molar refractivity (Wildman–Crippen MR) is 91.1 cm³/mol. The van der Waals surface area contributed by atoms with Gasteiger partial charge in [-0.1, -0.05) is 35.3 Å². The first-order valence-corrected chi connectivity index (χ1v) is 8.25. The topological polar surface area (TPSA) is 67.4 Å². The number of carbonyl (C=O) groups excluding carboxylic acids is 2. The Morgan fingerprint density at radius 3 is 2.08 bits per heavy atom. The summed E-state index contributed by atoms with van der Waals surface area (Å²) in [6.45, 7) is 0.0196. The van der Waals surface area contributed by atoms with Gasteiger partial charge in [0, 0.05) is 0 Å². The summed E-state index contributed by atoms with van der Waals surface area (Å²) in [6.07, 6.45) is -1.71. The van der Waals surface area contributed by atoms with Gasteiger partial charge >= 0.3 is 6.09 Å². The minimum atomic E-state index is -1.02. The number of carbonyl (C=O) groups is 2. The summed E-state index contributed by atoms with van der Waals surface area (Å²) in [5, 5.41) is 4.79. The Morgan fingerprint density at radius 2 is 1.65 bits per heavy atom. The number of cyclic esters (lactones) is 1. The Labute approximate surface area is 157 Å². The van der Waals surface area contributed by atoms with Crippen LogP contribution in [0.5, 0.6) is 0 Å². The van der Waals surface area contributed by atoms with Crippen LogP contribution >= 0.6 is 23.2 Å². The van der Waals surface area contributed by atoms with E-state index in [4.69, 9.17) is 27.9 Å². The SMILES string of the molecule is O=C1NC[C@@H](C(=O)NC(c2ccc(F)c(Cl)c2)c2ccc(F)c(Cl)c2)O1. The van der Waals surface area contributed by atoms with E-state index in [1.54, 1.807) is 0 Å². The summed E-state index contributed by atoms with van der Waals surface area (Å²) in [6, 6.07) is 7.05. The molecule has 1 saturated heterocycles. The molecule has 0 bridgehead atoms. The molecule has 0 aliphatic carbocycles. The highest BCUT2D eigenvalue weighted by molar-refractivity contribution is 6.31. The van der Waals surface area contributed by atoms with Crippen molar-refractivity contribution in [3.63, 3.8) is 0 Å². The van der Waals surface area contributed by atoms with E-state index >= 15 is 0 Å². The number of nitrogens with one attached hydrogen (secondary N) is 2. The van der Waals surface area contributed by atoms with Gasteiger partial charge in [-0.05, 0) is 35.4 Å². The molecule has 1 atom stereocenters. The minimum absolute atomic E-state index is 0.0196. The van der Waals surface area contributed by atoms with Crippen LogP contribution in [-0.4, -0.2) is 24.6 Å². The van der Waals surface area contributed by atoms with E-state index in [0.29, 0.717) is 11.1 Å². The lowest BCUT2D eigenvalue weighted by molar-refractivity contribution is -0.128. The molecule has 1 aliphatic rings. The number of hydrogen-bond donors (Lipinski definition) is 2. The fourth-order valence-electron chi connectivity index (χ4n) is 2.51. The molecule has 2 N–H and O–H groups in total. The first kappa shape index (κ1) is 18.4. The smallest absolute Gasteiger partial charge is 0.408 e. The molecule has 0 unspecified atom stereocenters. The third-order valence-corrected chi connectivity index (χ3v) is 4.39. The molecule has 2 aromatic rings. The average Bonchev–Trinajstić information content (AvgIpc) is 3.04. The van der Waals surface area contributed by atoms with Gasteiger partial charge in [-0.3, -0.25) is 4.79 Å². The second kappa shape index (κ2) is 7.47. The van der Waals surface area contributed by atoms with Crippen LogP contribution < -0.4 is 10.6 Å². The summed E-state index contributed by atoms with van der Waals surface area (Å²) in [5.41, 5.74) is 0.898. The maximum Gasteiger partial charge on any atom is 0.408 e. The van der Waals surface area contributed by atoms with Crippen molar-refractivity contribution in [2.45, 2.75) is 12.1 Å². The quantitative estimate of drug-likeness (QED) is 0.823. The summed E-state index contributed by atoms with van der Waals surface area (Å²) >= 11 is 11.7. The van der Waals surface area contributed by atoms with Crippen LogP contribution in [0.4, 0.5) is 13.6 Å². The molecule has 0 aromatic heterocycles. The molecular weight excluding hydrogens is 389 g/mol. The van der Waals surface area contributed by atoms with Crippen molar-refractivity contribution < 1.29 is 23.1 Å². The molecule has 26 heavy (non-hydrogen) atoms. The van der Waals surface area contributed by atoms with Crippen LogP contribution in [0.25, 0.3) is 0 Å². The molecule has 1 aliphatic heterocycles. The maximum atomic E-state index is 13.5. The van der Waals surface area contributed by atoms with E-state index in [9.17, 15) is 18.4 Å². The van der Waals surface area contributed by atoms with Gasteiger partial charge in [-0.15, -0.1) is 0 Å². The Bertz CT molecular complexity index is 828. The van der Waals surface area contributed by atoms with E-state index in [-0.39, 0.29) is 16.6 Å². The molecule has 0 saturated carbocycles. The zero-order valence-electron chi connectivity index (χ0n) is 13.1. The number of rotatable bonds is 4. The number of alkyl carbamates (subject to hydrolysis) is 1. The lowest BCUT2D eigenvalue weighted by Crippen LogP contribution is -2.39. The van der Waals surface area contributed by atoms with Crippen molar-refractivity contribution in [2.24, 2.45) is 0 Å². The first-order chi connectivity index (χ1) is 12.3. The highest BCUT2D eigenvalue weighted by Crippen LogP contribution is 2.29. The van der Waals surface area contributed by atoms with Gasteiger partial charge in [0.15, 0.2) is 6.10 Å². The lowest BCUT2D eigenvalue weighted by atomic mass is 9.98. The fourth-order valence-corrected chi connectivity index (χ4v) is 2.89. The van der Waals surface area contributed by atoms with Gasteiger partial charge in [0.25, 0.3) is 5.91 Å². The summed E-state index contributed by atoms with van der Waals surface area (Å²) in [4.78, 5) is 23.5. The Hall–Kier alpha value is -2.38. The Balaban J connectivity index is 1.95. The van der Waals surface area contributed by atoms with Gasteiger partial charge in [-0.2, -0.15) is 0 Å². The van der Waals surface area contributed by atoms with Gasteiger partial charge in [0.2, 0.25) is 0 Å². The standard InChI is InChI=1S/C17H12Cl2F2N2O3/c18-10-5-8(1-3-12(10)20)15(9-2-4-13(21)11(19)6-9)23-16(24)14-7-22-17(25)26-14/h1-6,14-15H,7H2,(H,22,25)(H,23,24)/t14-/m0/s1. The predicted octanol–water partition coefficient (Wildman–Crippen LogP) is 3.59. The molecule has 1 heterocycles. The van der Waals surface area contributed by atoms with Crippen molar-refractivity contribution in [1.29, 1.82) is 0 Å². The highest BCUT2D eigenvalue weighted by Gasteiger charge is 2.31. The summed E-state index contributed by atoms with van der Waals surface area (Å²) in [7, 11) is 0. The molecule has 2 aromatic carbocycles. The highest BCUT2D eigenvalue weighted by atomic mass is 35.5. The second-order valence-corrected chi connectivity index (χ2v) is 6.38. The fraction of sp³-hybridized carbons (Fsp3) is 0.176. The molecule has 1 fully saturated rings. The van der Waals surface area contributed by atoms with Crippen LogP contribution in [0.3, 0.4) is 0 Å². The van der Waals surface area contributed by atoms with E-state index in [1.165, 1.54) is 24.3 Å². The first-order valence-electron chi connectivity index (χ1n) is 7.50. The molecule has 0 radical (unpaired) electrons. The monoisotopic (exact) mass is 400 g/mol. The average molecular weight is 401 g/mol. The lowest BCUT2D eigenvalue weighted by Gasteiger charge is -2.22. The van der Waals surface area contributed by atoms with Gasteiger partial charge in [0.1, 0.15) is 11.6 Å². The van der Waals surface area contributed by atoms with E-state index in [0.717, 1.165) is 12.1 Å². The molecule has 136 valence electrons. The zero-order valence-corrected chi connectivity index (χ0v) is 14.6. The van der Waals surface area contributed by atoms with Crippen LogP contribution in [0.2, 0.25) is 10.0 Å². The Morgan fingerprint density at radius 1 is 1.12 bits per heavy atom. The van der Waals surface area contributed by atoms with Crippen molar-refractivity contribution in [3.8, 4) is 0 Å². The van der Waals surface area contributed by atoms with Crippen molar-refractivity contribution >= 4 is 35.2 Å². The largest absolute Gasteiger partial charge is 0.434 e. The third kappa shape index (κ3) is 3.89. The van der Waals surface area contributed by atoms with E-state index in [1.807, 2.05) is 0 Å². The van der Waals surface area contributed by atoms with Crippen LogP contribution in [0.1, 0.15) is 17.2 Å². The normalized spacial score (nSPS) is 16.3. The minimum Gasteiger partial charge on any atom is -0.434 e. The second-order valence-electron chi connectivity index (χ2n) is 5.56. The molecule has 2 amide bonds. The molecule has 0 spiro atoms. The third-order valence-electron chi connectivity index (χ3n) is 3.81. The molecule has 5 nitrogen and oxygen atoms in total. The van der Waals surface area contributed by atoms with Crippen molar-refractivity contribution in [3.05, 3.63) is 69.2 Å².